The number of benzene rings is 2. The quantitative estimate of drug-likeness (QED) is 0.929. The minimum Gasteiger partial charge on any atom is -0.379 e. The second kappa shape index (κ2) is 6.10. The topological polar surface area (TPSA) is 23.5 Å². The number of nitrogens with zero attached hydrogens (tertiary/aromatic N) is 1. The molecule has 2 aromatic carbocycles. The summed E-state index contributed by atoms with van der Waals surface area (Å²) in [6.07, 6.45) is 5.31. The lowest BCUT2D eigenvalue weighted by Crippen LogP contribution is -2.44. The highest BCUT2D eigenvalue weighted by Gasteiger charge is 2.42. The molecule has 1 aliphatic heterocycles. The van der Waals surface area contributed by atoms with Crippen LogP contribution in [0.4, 0.5) is 0 Å². The number of likely N-dealkylation sites (tertiary alicyclic amines) is 1. The van der Waals surface area contributed by atoms with Crippen LogP contribution in [0.3, 0.4) is 0 Å². The molecular weight excluding hydrogens is 282 g/mol. The maximum atomic E-state index is 11.7. The number of hydrogen-bond donors (Lipinski definition) is 1. The molecule has 0 unspecified atom stereocenters. The van der Waals surface area contributed by atoms with Crippen molar-refractivity contribution < 1.29 is 5.11 Å². The predicted molar refractivity (Wildman–Crippen MR) is 93.2 cm³/mol. The lowest BCUT2D eigenvalue weighted by Gasteiger charge is -2.36. The van der Waals surface area contributed by atoms with Gasteiger partial charge in [-0.05, 0) is 42.9 Å². The van der Waals surface area contributed by atoms with Crippen LogP contribution in [0.2, 0.25) is 0 Å². The lowest BCUT2D eigenvalue weighted by molar-refractivity contribution is 0.0297. The fraction of sp³-hybridized carbons (Fsp3) is 0.429. The highest BCUT2D eigenvalue weighted by atomic mass is 16.3. The summed E-state index contributed by atoms with van der Waals surface area (Å²) < 4.78 is 0. The van der Waals surface area contributed by atoms with Crippen LogP contribution in [0.15, 0.2) is 60.7 Å². The molecule has 0 spiro atoms. The van der Waals surface area contributed by atoms with Crippen LogP contribution in [-0.2, 0) is 5.60 Å². The van der Waals surface area contributed by atoms with E-state index in [-0.39, 0.29) is 0 Å². The van der Waals surface area contributed by atoms with Crippen LogP contribution in [-0.4, -0.2) is 29.1 Å². The first kappa shape index (κ1) is 14.9. The average Bonchev–Trinajstić information content (AvgIpc) is 3.21. The van der Waals surface area contributed by atoms with Crippen molar-refractivity contribution in [3.63, 3.8) is 0 Å². The normalized spacial score (nSPS) is 24.7. The summed E-state index contributed by atoms with van der Waals surface area (Å²) in [6, 6.07) is 21.0. The van der Waals surface area contributed by atoms with Gasteiger partial charge in [0, 0.05) is 12.6 Å². The van der Waals surface area contributed by atoms with E-state index >= 15 is 0 Å². The summed E-state index contributed by atoms with van der Waals surface area (Å²) in [5, 5.41) is 11.7. The molecule has 0 aromatic heterocycles. The minimum absolute atomic E-state index is 0.675. The van der Waals surface area contributed by atoms with Crippen molar-refractivity contribution in [3.05, 3.63) is 71.8 Å². The Morgan fingerprint density at radius 3 is 2.09 bits per heavy atom. The fourth-order valence-electron chi connectivity index (χ4n) is 4.60. The Balaban J connectivity index is 1.69. The van der Waals surface area contributed by atoms with E-state index in [0.717, 1.165) is 23.6 Å². The third-order valence-corrected chi connectivity index (χ3v) is 5.81. The summed E-state index contributed by atoms with van der Waals surface area (Å²) in [5.41, 5.74) is 1.06. The molecule has 2 fully saturated rings. The molecule has 0 amide bonds. The van der Waals surface area contributed by atoms with Gasteiger partial charge in [-0.15, -0.1) is 0 Å². The molecular formula is C21H25NO. The van der Waals surface area contributed by atoms with Gasteiger partial charge in [-0.2, -0.15) is 0 Å². The molecule has 1 saturated carbocycles. The summed E-state index contributed by atoms with van der Waals surface area (Å²) in [6.45, 7) is 1.82. The van der Waals surface area contributed by atoms with Crippen molar-refractivity contribution in [3.8, 4) is 0 Å². The van der Waals surface area contributed by atoms with E-state index < -0.39 is 5.60 Å². The van der Waals surface area contributed by atoms with E-state index in [1.54, 1.807) is 0 Å². The zero-order valence-corrected chi connectivity index (χ0v) is 13.6. The molecule has 1 N–H and O–H groups in total. The minimum atomic E-state index is -0.931. The number of rotatable bonds is 4. The lowest BCUT2D eigenvalue weighted by atomic mass is 9.85. The number of fused-ring (bicyclic) bond motifs is 1. The van der Waals surface area contributed by atoms with Crippen molar-refractivity contribution in [2.75, 3.05) is 13.1 Å². The van der Waals surface area contributed by atoms with E-state index in [1.165, 1.54) is 25.7 Å². The highest BCUT2D eigenvalue weighted by Crippen LogP contribution is 2.40. The Morgan fingerprint density at radius 1 is 0.870 bits per heavy atom. The van der Waals surface area contributed by atoms with E-state index in [1.807, 2.05) is 36.4 Å². The molecule has 4 rings (SSSR count). The van der Waals surface area contributed by atoms with E-state index in [0.29, 0.717) is 12.6 Å². The van der Waals surface area contributed by atoms with Crippen molar-refractivity contribution in [2.24, 2.45) is 5.92 Å². The SMILES string of the molecule is OC(CN1CC[C@H]2CCC[C@H]21)(c1ccccc1)c1ccccc1. The largest absolute Gasteiger partial charge is 0.379 e. The number of aliphatic hydroxyl groups is 1. The van der Waals surface area contributed by atoms with Crippen LogP contribution >= 0.6 is 0 Å². The molecule has 2 aromatic rings. The first-order chi connectivity index (χ1) is 11.3. The third-order valence-electron chi connectivity index (χ3n) is 5.81. The Morgan fingerprint density at radius 2 is 1.48 bits per heavy atom. The molecule has 1 saturated heterocycles. The van der Waals surface area contributed by atoms with Gasteiger partial charge in [0.05, 0.1) is 0 Å². The van der Waals surface area contributed by atoms with E-state index in [2.05, 4.69) is 29.2 Å². The molecule has 1 aliphatic carbocycles. The zero-order valence-electron chi connectivity index (χ0n) is 13.6. The van der Waals surface area contributed by atoms with Gasteiger partial charge in [0.1, 0.15) is 5.60 Å². The summed E-state index contributed by atoms with van der Waals surface area (Å²) in [5.74, 6) is 0.853. The van der Waals surface area contributed by atoms with Crippen molar-refractivity contribution >= 4 is 0 Å². The smallest absolute Gasteiger partial charge is 0.127 e. The molecule has 1 heterocycles. The Hall–Kier alpha value is -1.64. The molecule has 0 radical (unpaired) electrons. The van der Waals surface area contributed by atoms with Gasteiger partial charge in [0.2, 0.25) is 0 Å². The molecule has 120 valence electrons. The average molecular weight is 307 g/mol. The first-order valence-electron chi connectivity index (χ1n) is 8.85. The molecule has 2 atom stereocenters. The second-order valence-electron chi connectivity index (χ2n) is 7.11. The Kier molecular flexibility index (Phi) is 3.96. The predicted octanol–water partition coefficient (Wildman–Crippen LogP) is 3.80. The van der Waals surface area contributed by atoms with Gasteiger partial charge < -0.3 is 5.11 Å². The Labute approximate surface area is 138 Å². The van der Waals surface area contributed by atoms with Gasteiger partial charge in [-0.3, -0.25) is 4.90 Å². The molecule has 2 nitrogen and oxygen atoms in total. The summed E-state index contributed by atoms with van der Waals surface area (Å²) in [7, 11) is 0. The van der Waals surface area contributed by atoms with Crippen LogP contribution < -0.4 is 0 Å². The van der Waals surface area contributed by atoms with Gasteiger partial charge in [-0.25, -0.2) is 0 Å². The van der Waals surface area contributed by atoms with Gasteiger partial charge in [0.15, 0.2) is 0 Å². The molecule has 0 bridgehead atoms. The van der Waals surface area contributed by atoms with E-state index in [9.17, 15) is 5.11 Å². The van der Waals surface area contributed by atoms with Crippen molar-refractivity contribution in [1.82, 2.24) is 4.90 Å². The first-order valence-corrected chi connectivity index (χ1v) is 8.85. The molecule has 23 heavy (non-hydrogen) atoms. The van der Waals surface area contributed by atoms with Gasteiger partial charge in [0.25, 0.3) is 0 Å². The van der Waals surface area contributed by atoms with Crippen molar-refractivity contribution in [1.29, 1.82) is 0 Å². The summed E-state index contributed by atoms with van der Waals surface area (Å²) >= 11 is 0. The highest BCUT2D eigenvalue weighted by molar-refractivity contribution is 5.36. The van der Waals surface area contributed by atoms with Gasteiger partial charge >= 0.3 is 0 Å². The number of β-amino-alcohol motifs (C(OH)–C–C–N with tert-alkyl or cyclic N) is 1. The standard InChI is InChI=1S/C21H25NO/c23-21(18-9-3-1-4-10-18,19-11-5-2-6-12-19)16-22-15-14-17-8-7-13-20(17)22/h1-6,9-12,17,20,23H,7-8,13-16H2/t17-,20-/m1/s1. The molecule has 2 aliphatic rings. The number of hydrogen-bond acceptors (Lipinski definition) is 2. The monoisotopic (exact) mass is 307 g/mol. The van der Waals surface area contributed by atoms with E-state index in [4.69, 9.17) is 0 Å². The summed E-state index contributed by atoms with van der Waals surface area (Å²) in [4.78, 5) is 2.54. The Bertz CT molecular complexity index is 600. The third kappa shape index (κ3) is 2.71. The van der Waals surface area contributed by atoms with Crippen LogP contribution in [0.25, 0.3) is 0 Å². The van der Waals surface area contributed by atoms with Gasteiger partial charge in [-0.1, -0.05) is 67.1 Å². The van der Waals surface area contributed by atoms with Crippen LogP contribution in [0.5, 0.6) is 0 Å². The zero-order chi connectivity index (χ0) is 15.7. The van der Waals surface area contributed by atoms with Crippen LogP contribution in [0, 0.1) is 5.92 Å². The van der Waals surface area contributed by atoms with Crippen LogP contribution in [0.1, 0.15) is 36.8 Å². The van der Waals surface area contributed by atoms with Crippen molar-refractivity contribution in [2.45, 2.75) is 37.3 Å². The second-order valence-corrected chi connectivity index (χ2v) is 7.11. The maximum Gasteiger partial charge on any atom is 0.127 e. The molecule has 2 heteroatoms. The fourth-order valence-corrected chi connectivity index (χ4v) is 4.60. The maximum absolute atomic E-state index is 11.7.